The van der Waals surface area contributed by atoms with E-state index in [1.807, 2.05) is 24.8 Å². The summed E-state index contributed by atoms with van der Waals surface area (Å²) in [5.41, 5.74) is 1.58. The molecule has 0 radical (unpaired) electrons. The smallest absolute Gasteiger partial charge is 0.248 e. The maximum atomic E-state index is 13.6. The zero-order valence-corrected chi connectivity index (χ0v) is 23.8. The third-order valence-corrected chi connectivity index (χ3v) is 10.6. The lowest BCUT2D eigenvalue weighted by molar-refractivity contribution is -0.138. The monoisotopic (exact) mass is 538 g/mol. The number of carbonyl (C=O) groups is 1. The molecule has 4 rings (SSSR count). The Bertz CT molecular complexity index is 952. The van der Waals surface area contributed by atoms with Crippen molar-refractivity contribution in [2.45, 2.75) is 64.5 Å². The lowest BCUT2D eigenvalue weighted by atomic mass is 9.99. The van der Waals surface area contributed by atoms with Gasteiger partial charge in [-0.2, -0.15) is 4.31 Å². The van der Waals surface area contributed by atoms with Gasteiger partial charge in [-0.25, -0.2) is 8.42 Å². The van der Waals surface area contributed by atoms with Crippen molar-refractivity contribution in [3.05, 3.63) is 22.1 Å². The van der Waals surface area contributed by atoms with Gasteiger partial charge in [0.15, 0.2) is 0 Å². The largest absolute Gasteiger partial charge is 0.377 e. The first-order valence-electron chi connectivity index (χ1n) is 14.0. The van der Waals surface area contributed by atoms with Crippen molar-refractivity contribution in [1.29, 1.82) is 0 Å². The number of carbonyl (C=O) groups excluding carboxylic acids is 1. The number of rotatable bonds is 10. The molecule has 0 spiro atoms. The summed E-state index contributed by atoms with van der Waals surface area (Å²) < 4.78 is 40.0. The van der Waals surface area contributed by atoms with E-state index in [1.54, 1.807) is 11.4 Å². The number of piperidine rings is 1. The normalized spacial score (nSPS) is 27.1. The molecule has 0 bridgehead atoms. The first kappa shape index (κ1) is 28.7. The zero-order valence-electron chi connectivity index (χ0n) is 23.0. The van der Waals surface area contributed by atoms with Crippen molar-refractivity contribution < 1.29 is 22.7 Å². The van der Waals surface area contributed by atoms with Gasteiger partial charge in [0, 0.05) is 59.0 Å². The van der Waals surface area contributed by atoms with Crippen LogP contribution in [0.15, 0.2) is 22.1 Å². The van der Waals surface area contributed by atoms with Crippen LogP contribution in [-0.4, -0.2) is 125 Å². The van der Waals surface area contributed by atoms with E-state index in [0.29, 0.717) is 17.9 Å². The Morgan fingerprint density at radius 2 is 1.62 bits per heavy atom. The van der Waals surface area contributed by atoms with E-state index >= 15 is 0 Å². The minimum Gasteiger partial charge on any atom is -0.377 e. The van der Waals surface area contributed by atoms with Crippen LogP contribution in [0.25, 0.3) is 0 Å². The average Bonchev–Trinajstić information content (AvgIpc) is 3.37. The van der Waals surface area contributed by atoms with Crippen LogP contribution in [-0.2, 0) is 24.3 Å². The van der Waals surface area contributed by atoms with Crippen LogP contribution in [0, 0.1) is 0 Å². The van der Waals surface area contributed by atoms with Crippen molar-refractivity contribution in [2.24, 2.45) is 0 Å². The second-order valence-corrected chi connectivity index (χ2v) is 12.8. The predicted molar refractivity (Wildman–Crippen MR) is 145 cm³/mol. The number of sulfonamides is 1. The van der Waals surface area contributed by atoms with Gasteiger partial charge in [0.2, 0.25) is 15.9 Å². The van der Waals surface area contributed by atoms with Crippen LogP contribution >= 0.6 is 0 Å². The van der Waals surface area contributed by atoms with E-state index in [2.05, 4.69) is 9.80 Å². The van der Waals surface area contributed by atoms with Crippen molar-refractivity contribution in [2.75, 3.05) is 79.2 Å². The highest BCUT2D eigenvalue weighted by Gasteiger charge is 2.39. The molecular weight excluding hydrogens is 492 g/mol. The van der Waals surface area contributed by atoms with Gasteiger partial charge in [0.25, 0.3) is 0 Å². The number of hydrogen-bond donors (Lipinski definition) is 0. The minimum atomic E-state index is -3.63. The summed E-state index contributed by atoms with van der Waals surface area (Å²) in [5, 5.41) is 0. The molecule has 10 heteroatoms. The third kappa shape index (κ3) is 7.22. The van der Waals surface area contributed by atoms with Gasteiger partial charge in [-0.3, -0.25) is 9.69 Å². The van der Waals surface area contributed by atoms with E-state index in [0.717, 1.165) is 63.3 Å². The van der Waals surface area contributed by atoms with Gasteiger partial charge >= 0.3 is 0 Å². The maximum absolute atomic E-state index is 13.6. The topological polar surface area (TPSA) is 82.6 Å². The van der Waals surface area contributed by atoms with Crippen molar-refractivity contribution in [3.63, 3.8) is 0 Å². The summed E-state index contributed by atoms with van der Waals surface area (Å²) in [6.07, 6.45) is 7.93. The number of methoxy groups -OCH3 is 1. The number of ether oxygens (including phenoxy) is 2. The molecule has 3 saturated heterocycles. The Hall–Kier alpha value is -1.30. The maximum Gasteiger partial charge on any atom is 0.248 e. The summed E-state index contributed by atoms with van der Waals surface area (Å²) in [5.74, 6) is -0.00157. The highest BCUT2D eigenvalue weighted by molar-refractivity contribution is 7.93. The molecule has 210 valence electrons. The Morgan fingerprint density at radius 1 is 0.946 bits per heavy atom. The number of likely N-dealkylation sites (tertiary alicyclic amines) is 1. The summed E-state index contributed by atoms with van der Waals surface area (Å²) in [6, 6.07) is -0.238. The summed E-state index contributed by atoms with van der Waals surface area (Å²) >= 11 is 0. The molecule has 37 heavy (non-hydrogen) atoms. The molecule has 9 nitrogen and oxygen atoms in total. The van der Waals surface area contributed by atoms with Crippen LogP contribution in [0.4, 0.5) is 0 Å². The molecule has 0 aromatic rings. The van der Waals surface area contributed by atoms with E-state index in [-0.39, 0.29) is 31.3 Å². The first-order valence-corrected chi connectivity index (χ1v) is 15.5. The second kappa shape index (κ2) is 13.2. The Kier molecular flexibility index (Phi) is 10.2. The van der Waals surface area contributed by atoms with Gasteiger partial charge in [-0.05, 0) is 64.6 Å². The number of nitrogens with zero attached hydrogens (tertiary/aromatic N) is 4. The molecule has 0 aromatic carbocycles. The van der Waals surface area contributed by atoms with E-state index in [1.165, 1.54) is 32.4 Å². The summed E-state index contributed by atoms with van der Waals surface area (Å²) in [6.45, 7) is 12.4. The molecule has 1 unspecified atom stereocenters. The fraction of sp³-hybridized carbons (Fsp3) is 0.815. The van der Waals surface area contributed by atoms with Crippen LogP contribution in [0.5, 0.6) is 0 Å². The predicted octanol–water partition coefficient (Wildman–Crippen LogP) is 2.07. The lowest BCUT2D eigenvalue weighted by Crippen LogP contribution is -2.51. The summed E-state index contributed by atoms with van der Waals surface area (Å²) in [4.78, 5) is 20.1. The van der Waals surface area contributed by atoms with Gasteiger partial charge in [-0.15, -0.1) is 0 Å². The molecule has 0 N–H and O–H groups in total. The fourth-order valence-corrected chi connectivity index (χ4v) is 8.35. The molecule has 4 aliphatic rings. The van der Waals surface area contributed by atoms with Gasteiger partial charge in [0.1, 0.15) is 6.61 Å². The Balaban J connectivity index is 1.21. The molecule has 2 atom stereocenters. The number of piperazine rings is 1. The zero-order chi connectivity index (χ0) is 26.4. The molecule has 3 heterocycles. The highest BCUT2D eigenvalue weighted by Crippen LogP contribution is 2.35. The van der Waals surface area contributed by atoms with Gasteiger partial charge in [0.05, 0.1) is 17.6 Å². The average molecular weight is 539 g/mol. The SMILES string of the molecule is COC1C=C(C)C(S(=O)(=O)N2CCC[C@H]2COCC(=O)N2CCN(CCN3CCCCC3)CC2)=C(C)C1. The third-order valence-electron chi connectivity index (χ3n) is 8.32. The first-order chi connectivity index (χ1) is 17.8. The molecule has 3 aliphatic heterocycles. The quantitative estimate of drug-likeness (QED) is 0.421. The summed E-state index contributed by atoms with van der Waals surface area (Å²) in [7, 11) is -1.98. The van der Waals surface area contributed by atoms with Crippen LogP contribution in [0.3, 0.4) is 0 Å². The number of amides is 1. The lowest BCUT2D eigenvalue weighted by Gasteiger charge is -2.36. The van der Waals surface area contributed by atoms with Crippen LogP contribution < -0.4 is 0 Å². The van der Waals surface area contributed by atoms with Crippen LogP contribution in [0.1, 0.15) is 52.4 Å². The van der Waals surface area contributed by atoms with Crippen molar-refractivity contribution in [1.82, 2.24) is 19.0 Å². The molecule has 3 fully saturated rings. The van der Waals surface area contributed by atoms with E-state index in [4.69, 9.17) is 9.47 Å². The van der Waals surface area contributed by atoms with Crippen molar-refractivity contribution in [3.8, 4) is 0 Å². The van der Waals surface area contributed by atoms with Crippen LogP contribution in [0.2, 0.25) is 0 Å². The molecule has 1 amide bonds. The van der Waals surface area contributed by atoms with E-state index in [9.17, 15) is 13.2 Å². The van der Waals surface area contributed by atoms with Gasteiger partial charge < -0.3 is 19.3 Å². The standard InChI is InChI=1S/C27H46N4O5S/c1-22-18-25(35-3)19-23(2)27(22)37(33,34)31-11-7-8-24(31)20-36-21-26(32)30-16-14-29(15-17-30)13-12-28-9-5-4-6-10-28/h18,24-25H,4-17,19-21H2,1-3H3/t24-,25?/m0/s1. The molecule has 0 saturated carbocycles. The van der Waals surface area contributed by atoms with E-state index < -0.39 is 10.0 Å². The highest BCUT2D eigenvalue weighted by atomic mass is 32.2. The Labute approximate surface area is 223 Å². The van der Waals surface area contributed by atoms with Gasteiger partial charge in [-0.1, -0.05) is 18.1 Å². The molecule has 0 aromatic heterocycles. The fourth-order valence-electron chi connectivity index (χ4n) is 6.19. The number of hydrogen-bond acceptors (Lipinski definition) is 7. The second-order valence-electron chi connectivity index (χ2n) is 11.0. The number of allylic oxidation sites excluding steroid dienone is 1. The molecule has 1 aliphatic carbocycles. The molecular formula is C27H46N4O5S. The van der Waals surface area contributed by atoms with Crippen molar-refractivity contribution >= 4 is 15.9 Å². The minimum absolute atomic E-state index is 0.00157. The Morgan fingerprint density at radius 3 is 2.27 bits per heavy atom.